The van der Waals surface area contributed by atoms with E-state index in [1.165, 1.54) is 0 Å². The third-order valence-electron chi connectivity index (χ3n) is 5.95. The van der Waals surface area contributed by atoms with Crippen molar-refractivity contribution in [1.82, 2.24) is 19.8 Å². The van der Waals surface area contributed by atoms with Crippen LogP contribution < -0.4 is 5.32 Å². The van der Waals surface area contributed by atoms with Gasteiger partial charge >= 0.3 is 0 Å². The van der Waals surface area contributed by atoms with E-state index in [2.05, 4.69) is 14.9 Å². The van der Waals surface area contributed by atoms with Crippen molar-refractivity contribution in [3.8, 4) is 0 Å². The minimum absolute atomic E-state index is 0.0132. The molecule has 154 valence electrons. The number of hydrogen-bond acceptors (Lipinski definition) is 5. The van der Waals surface area contributed by atoms with Crippen LogP contribution >= 0.6 is 23.1 Å². The first kappa shape index (κ1) is 20.3. The van der Waals surface area contributed by atoms with E-state index < -0.39 is 6.04 Å². The second-order valence-electron chi connectivity index (χ2n) is 7.88. The quantitative estimate of drug-likeness (QED) is 0.735. The summed E-state index contributed by atoms with van der Waals surface area (Å²) in [5, 5.41) is 9.44. The summed E-state index contributed by atoms with van der Waals surface area (Å²) >= 11 is 7.23. The average Bonchev–Trinajstić information content (AvgIpc) is 3.49. The topological polar surface area (TPSA) is 75.2 Å². The molecule has 2 amide bonds. The lowest BCUT2D eigenvalue weighted by Gasteiger charge is -2.36. The minimum Gasteiger partial charge on any atom is -0.351 e. The van der Waals surface area contributed by atoms with Crippen molar-refractivity contribution in [3.05, 3.63) is 45.9 Å². The van der Waals surface area contributed by atoms with Crippen LogP contribution in [0.3, 0.4) is 0 Å². The van der Waals surface area contributed by atoms with Gasteiger partial charge in [0.25, 0.3) is 5.91 Å². The van der Waals surface area contributed by atoms with Crippen molar-refractivity contribution < 1.29 is 9.59 Å². The summed E-state index contributed by atoms with van der Waals surface area (Å²) in [6.45, 7) is 0. The fourth-order valence-electron chi connectivity index (χ4n) is 4.50. The van der Waals surface area contributed by atoms with Crippen LogP contribution in [-0.4, -0.2) is 38.4 Å². The van der Waals surface area contributed by atoms with Gasteiger partial charge in [-0.15, -0.1) is 5.10 Å². The maximum atomic E-state index is 13.5. The van der Waals surface area contributed by atoms with Gasteiger partial charge in [0.05, 0.1) is 0 Å². The monoisotopic (exact) mass is 432 g/mol. The molecule has 2 fully saturated rings. The van der Waals surface area contributed by atoms with E-state index in [1.807, 2.05) is 12.1 Å². The molecule has 1 aromatic carbocycles. The van der Waals surface area contributed by atoms with Crippen molar-refractivity contribution in [3.63, 3.8) is 0 Å². The minimum atomic E-state index is -0.704. The normalized spacial score (nSPS) is 18.7. The molecule has 6 nitrogen and oxygen atoms in total. The molecule has 1 atom stereocenters. The predicted octanol–water partition coefficient (Wildman–Crippen LogP) is 4.38. The Hall–Kier alpha value is -1.99. The lowest BCUT2D eigenvalue weighted by Crippen LogP contribution is -2.49. The number of carbonyl (C=O) groups is 2. The van der Waals surface area contributed by atoms with Gasteiger partial charge in [-0.25, -0.2) is 0 Å². The summed E-state index contributed by atoms with van der Waals surface area (Å²) in [7, 11) is 0. The molecule has 0 saturated heterocycles. The van der Waals surface area contributed by atoms with Gasteiger partial charge in [-0.1, -0.05) is 53.9 Å². The molecule has 1 N–H and O–H groups in total. The van der Waals surface area contributed by atoms with E-state index in [4.69, 9.17) is 11.6 Å². The maximum Gasteiger partial charge on any atom is 0.276 e. The highest BCUT2D eigenvalue weighted by Gasteiger charge is 2.39. The number of nitrogens with one attached hydrogen (secondary N) is 1. The average molecular weight is 433 g/mol. The lowest BCUT2D eigenvalue weighted by atomic mass is 10.00. The number of rotatable bonds is 6. The highest BCUT2D eigenvalue weighted by atomic mass is 35.5. The van der Waals surface area contributed by atoms with Crippen LogP contribution in [0, 0.1) is 0 Å². The molecule has 8 heteroatoms. The number of nitrogens with zero attached hydrogens (tertiary/aromatic N) is 3. The number of benzene rings is 1. The Morgan fingerprint density at radius 3 is 2.34 bits per heavy atom. The van der Waals surface area contributed by atoms with Crippen LogP contribution in [0.4, 0.5) is 0 Å². The SMILES string of the molecule is O=C(NC1CCCC1)C(c1ccc(Cl)cc1)N(C(=O)c1csnn1)C1CCCC1. The van der Waals surface area contributed by atoms with E-state index >= 15 is 0 Å². The molecule has 0 radical (unpaired) electrons. The molecular formula is C21H25ClN4O2S. The Balaban J connectivity index is 1.71. The molecule has 2 aliphatic rings. The molecule has 1 unspecified atom stereocenters. The number of halogens is 1. The van der Waals surface area contributed by atoms with Crippen molar-refractivity contribution in [1.29, 1.82) is 0 Å². The second kappa shape index (κ2) is 9.22. The third kappa shape index (κ3) is 4.61. The molecule has 2 aromatic rings. The van der Waals surface area contributed by atoms with Crippen LogP contribution in [0.15, 0.2) is 29.6 Å². The number of carbonyl (C=O) groups excluding carboxylic acids is 2. The van der Waals surface area contributed by atoms with E-state index in [0.717, 1.165) is 68.5 Å². The third-order valence-corrected chi connectivity index (χ3v) is 6.70. The predicted molar refractivity (Wildman–Crippen MR) is 113 cm³/mol. The molecule has 0 aliphatic heterocycles. The summed E-state index contributed by atoms with van der Waals surface area (Å²) in [5.74, 6) is -0.352. The zero-order chi connectivity index (χ0) is 20.2. The van der Waals surface area contributed by atoms with E-state index in [1.54, 1.807) is 22.4 Å². The molecule has 2 aliphatic carbocycles. The maximum absolute atomic E-state index is 13.5. The largest absolute Gasteiger partial charge is 0.351 e. The van der Waals surface area contributed by atoms with Gasteiger partial charge in [0.1, 0.15) is 6.04 Å². The zero-order valence-corrected chi connectivity index (χ0v) is 17.8. The fraction of sp³-hybridized carbons (Fsp3) is 0.524. The molecule has 2 saturated carbocycles. The van der Waals surface area contributed by atoms with Gasteiger partial charge in [0, 0.05) is 22.5 Å². The smallest absolute Gasteiger partial charge is 0.276 e. The molecule has 1 heterocycles. The fourth-order valence-corrected chi connectivity index (χ4v) is 5.06. The van der Waals surface area contributed by atoms with Crippen LogP contribution in [-0.2, 0) is 4.79 Å². The highest BCUT2D eigenvalue weighted by Crippen LogP contribution is 2.34. The summed E-state index contributed by atoms with van der Waals surface area (Å²) in [6, 6.07) is 6.72. The first-order valence-corrected chi connectivity index (χ1v) is 11.5. The zero-order valence-electron chi connectivity index (χ0n) is 16.2. The summed E-state index contributed by atoms with van der Waals surface area (Å²) in [4.78, 5) is 28.7. The van der Waals surface area contributed by atoms with Crippen molar-refractivity contribution in [2.24, 2.45) is 0 Å². The van der Waals surface area contributed by atoms with Gasteiger partial charge < -0.3 is 10.2 Å². The van der Waals surface area contributed by atoms with Crippen LogP contribution in [0.2, 0.25) is 5.02 Å². The Bertz CT molecular complexity index is 831. The first-order valence-electron chi connectivity index (χ1n) is 10.3. The first-order chi connectivity index (χ1) is 14.1. The molecule has 1 aromatic heterocycles. The number of aromatic nitrogens is 2. The summed E-state index contributed by atoms with van der Waals surface area (Å²) < 4.78 is 3.85. The summed E-state index contributed by atoms with van der Waals surface area (Å²) in [5.41, 5.74) is 1.07. The summed E-state index contributed by atoms with van der Waals surface area (Å²) in [6.07, 6.45) is 8.15. The highest BCUT2D eigenvalue weighted by molar-refractivity contribution is 7.03. The molecule has 0 bridgehead atoms. The Morgan fingerprint density at radius 2 is 1.72 bits per heavy atom. The number of amides is 2. The van der Waals surface area contributed by atoms with Crippen molar-refractivity contribution >= 4 is 34.9 Å². The van der Waals surface area contributed by atoms with Crippen LogP contribution in [0.1, 0.15) is 73.5 Å². The van der Waals surface area contributed by atoms with Crippen molar-refractivity contribution in [2.75, 3.05) is 0 Å². The van der Waals surface area contributed by atoms with E-state index in [-0.39, 0.29) is 23.9 Å². The Kier molecular flexibility index (Phi) is 6.45. The Morgan fingerprint density at radius 1 is 1.07 bits per heavy atom. The van der Waals surface area contributed by atoms with E-state index in [9.17, 15) is 9.59 Å². The van der Waals surface area contributed by atoms with Gasteiger partial charge in [0.15, 0.2) is 5.69 Å². The Labute approximate surface area is 179 Å². The molecule has 0 spiro atoms. The van der Waals surface area contributed by atoms with Gasteiger partial charge in [-0.05, 0) is 54.9 Å². The molecule has 29 heavy (non-hydrogen) atoms. The van der Waals surface area contributed by atoms with Crippen molar-refractivity contribution in [2.45, 2.75) is 69.5 Å². The van der Waals surface area contributed by atoms with Crippen LogP contribution in [0.25, 0.3) is 0 Å². The van der Waals surface area contributed by atoms with Gasteiger partial charge in [0.2, 0.25) is 5.91 Å². The lowest BCUT2D eigenvalue weighted by molar-refractivity contribution is -0.127. The van der Waals surface area contributed by atoms with Gasteiger partial charge in [-0.2, -0.15) is 0 Å². The van der Waals surface area contributed by atoms with E-state index in [0.29, 0.717) is 10.7 Å². The standard InChI is InChI=1S/C21H25ClN4O2S/c22-15-11-9-14(10-12-15)19(20(27)23-16-5-1-2-6-16)26(17-7-3-4-8-17)21(28)18-13-29-25-24-18/h9-13,16-17,19H,1-8H2,(H,23,27). The number of hydrogen-bond donors (Lipinski definition) is 1. The second-order valence-corrected chi connectivity index (χ2v) is 8.93. The van der Waals surface area contributed by atoms with Gasteiger partial charge in [-0.3, -0.25) is 9.59 Å². The van der Waals surface area contributed by atoms with Crippen LogP contribution in [0.5, 0.6) is 0 Å². The molecular weight excluding hydrogens is 408 g/mol. The molecule has 4 rings (SSSR count).